The van der Waals surface area contributed by atoms with E-state index < -0.39 is 5.82 Å². The molecule has 17 heavy (non-hydrogen) atoms. The monoisotopic (exact) mass is 235 g/mol. The smallest absolute Gasteiger partial charge is 0.127 e. The summed E-state index contributed by atoms with van der Waals surface area (Å²) in [6, 6.07) is 5.94. The van der Waals surface area contributed by atoms with E-state index in [-0.39, 0.29) is 5.75 Å². The van der Waals surface area contributed by atoms with E-state index in [0.29, 0.717) is 18.7 Å². The Balaban J connectivity index is 1.92. The number of rotatable bonds is 4. The molecule has 0 atom stereocenters. The third-order valence-corrected chi connectivity index (χ3v) is 2.50. The van der Waals surface area contributed by atoms with Crippen LogP contribution in [-0.2, 0) is 20.1 Å². The van der Waals surface area contributed by atoms with Crippen molar-refractivity contribution < 1.29 is 9.50 Å². The van der Waals surface area contributed by atoms with Crippen LogP contribution in [0.15, 0.2) is 30.5 Å². The molecule has 2 aromatic rings. The molecule has 1 aromatic carbocycles. The molecule has 0 aliphatic carbocycles. The Morgan fingerprint density at radius 3 is 2.82 bits per heavy atom. The van der Waals surface area contributed by atoms with Crippen LogP contribution >= 0.6 is 0 Å². The maximum atomic E-state index is 13.0. The molecule has 2 rings (SSSR count). The summed E-state index contributed by atoms with van der Waals surface area (Å²) >= 11 is 0. The zero-order valence-corrected chi connectivity index (χ0v) is 9.52. The minimum absolute atomic E-state index is 0.0534. The van der Waals surface area contributed by atoms with E-state index in [4.69, 9.17) is 0 Å². The SMILES string of the molecule is Cn1nccc1CNCc1cc(O)cc(F)c1. The van der Waals surface area contributed by atoms with Gasteiger partial charge in [-0.2, -0.15) is 5.10 Å². The lowest BCUT2D eigenvalue weighted by molar-refractivity contribution is 0.467. The van der Waals surface area contributed by atoms with Crippen molar-refractivity contribution in [1.82, 2.24) is 15.1 Å². The summed E-state index contributed by atoms with van der Waals surface area (Å²) in [5, 5.41) is 16.4. The number of halogens is 1. The van der Waals surface area contributed by atoms with E-state index in [1.165, 1.54) is 6.07 Å². The van der Waals surface area contributed by atoms with Crippen molar-refractivity contribution in [3.05, 3.63) is 47.5 Å². The third kappa shape index (κ3) is 3.04. The average molecular weight is 235 g/mol. The van der Waals surface area contributed by atoms with Crippen LogP contribution in [0.4, 0.5) is 4.39 Å². The highest BCUT2D eigenvalue weighted by Gasteiger charge is 2.01. The molecule has 90 valence electrons. The Morgan fingerprint density at radius 1 is 1.35 bits per heavy atom. The van der Waals surface area contributed by atoms with Gasteiger partial charge in [-0.3, -0.25) is 4.68 Å². The van der Waals surface area contributed by atoms with E-state index in [0.717, 1.165) is 11.8 Å². The van der Waals surface area contributed by atoms with Gasteiger partial charge in [0.1, 0.15) is 11.6 Å². The lowest BCUT2D eigenvalue weighted by Crippen LogP contribution is -2.15. The van der Waals surface area contributed by atoms with Crippen LogP contribution in [0.25, 0.3) is 0 Å². The quantitative estimate of drug-likeness (QED) is 0.845. The number of hydrogen-bond donors (Lipinski definition) is 2. The molecule has 0 amide bonds. The molecule has 0 saturated heterocycles. The zero-order valence-electron chi connectivity index (χ0n) is 9.52. The first-order valence-corrected chi connectivity index (χ1v) is 5.31. The predicted molar refractivity (Wildman–Crippen MR) is 61.8 cm³/mol. The van der Waals surface area contributed by atoms with Gasteiger partial charge in [-0.05, 0) is 23.8 Å². The van der Waals surface area contributed by atoms with Gasteiger partial charge in [0.05, 0.1) is 5.69 Å². The standard InChI is InChI=1S/C12H14FN3O/c1-16-11(2-3-15-16)8-14-7-9-4-10(13)6-12(17)5-9/h2-6,14,17H,7-8H2,1H3. The number of phenols is 1. The van der Waals surface area contributed by atoms with E-state index >= 15 is 0 Å². The minimum atomic E-state index is -0.428. The molecule has 1 aromatic heterocycles. The number of aromatic nitrogens is 2. The number of nitrogens with one attached hydrogen (secondary N) is 1. The summed E-state index contributed by atoms with van der Waals surface area (Å²) in [4.78, 5) is 0. The van der Waals surface area contributed by atoms with Gasteiger partial charge in [-0.25, -0.2) is 4.39 Å². The molecular weight excluding hydrogens is 221 g/mol. The van der Waals surface area contributed by atoms with Gasteiger partial charge in [-0.1, -0.05) is 0 Å². The van der Waals surface area contributed by atoms with Crippen LogP contribution in [0.1, 0.15) is 11.3 Å². The van der Waals surface area contributed by atoms with Crippen LogP contribution < -0.4 is 5.32 Å². The Labute approximate surface area is 98.7 Å². The van der Waals surface area contributed by atoms with Crippen molar-refractivity contribution in [2.45, 2.75) is 13.1 Å². The summed E-state index contributed by atoms with van der Waals surface area (Å²) in [7, 11) is 1.87. The number of hydrogen-bond acceptors (Lipinski definition) is 3. The van der Waals surface area contributed by atoms with Gasteiger partial charge >= 0.3 is 0 Å². The predicted octanol–water partition coefficient (Wildman–Crippen LogP) is 1.55. The number of nitrogens with zero attached hydrogens (tertiary/aromatic N) is 2. The van der Waals surface area contributed by atoms with Crippen LogP contribution in [-0.4, -0.2) is 14.9 Å². The molecule has 1 heterocycles. The van der Waals surface area contributed by atoms with Gasteiger partial charge in [0.25, 0.3) is 0 Å². The fraction of sp³-hybridized carbons (Fsp3) is 0.250. The van der Waals surface area contributed by atoms with E-state index in [9.17, 15) is 9.50 Å². The first-order valence-electron chi connectivity index (χ1n) is 5.31. The molecule has 0 aliphatic rings. The second-order valence-corrected chi connectivity index (χ2v) is 3.87. The van der Waals surface area contributed by atoms with Crippen molar-refractivity contribution in [2.24, 2.45) is 7.05 Å². The molecule has 0 aliphatic heterocycles. The second kappa shape index (κ2) is 4.97. The molecule has 5 heteroatoms. The average Bonchev–Trinajstić information content (AvgIpc) is 2.63. The maximum Gasteiger partial charge on any atom is 0.127 e. The van der Waals surface area contributed by atoms with Gasteiger partial charge in [-0.15, -0.1) is 0 Å². The Hall–Kier alpha value is -1.88. The number of aryl methyl sites for hydroxylation is 1. The lowest BCUT2D eigenvalue weighted by Gasteiger charge is -2.06. The number of phenolic OH excluding ortho intramolecular Hbond substituents is 1. The Morgan fingerprint density at radius 2 is 2.18 bits per heavy atom. The van der Waals surface area contributed by atoms with Crippen LogP contribution in [0, 0.1) is 5.82 Å². The largest absolute Gasteiger partial charge is 0.508 e. The highest BCUT2D eigenvalue weighted by Crippen LogP contribution is 2.14. The van der Waals surface area contributed by atoms with E-state index in [1.54, 1.807) is 16.9 Å². The van der Waals surface area contributed by atoms with Crippen molar-refractivity contribution in [3.63, 3.8) is 0 Å². The summed E-state index contributed by atoms with van der Waals surface area (Å²) in [6.07, 6.45) is 1.73. The van der Waals surface area contributed by atoms with Crippen molar-refractivity contribution in [3.8, 4) is 5.75 Å². The molecule has 0 saturated carbocycles. The number of benzene rings is 1. The summed E-state index contributed by atoms with van der Waals surface area (Å²) in [5.41, 5.74) is 1.76. The number of aromatic hydroxyl groups is 1. The first-order chi connectivity index (χ1) is 8.15. The van der Waals surface area contributed by atoms with Gasteiger partial charge in [0.2, 0.25) is 0 Å². The molecule has 0 bridgehead atoms. The molecule has 2 N–H and O–H groups in total. The second-order valence-electron chi connectivity index (χ2n) is 3.87. The van der Waals surface area contributed by atoms with Gasteiger partial charge in [0, 0.05) is 32.4 Å². The Kier molecular flexibility index (Phi) is 3.39. The van der Waals surface area contributed by atoms with Gasteiger partial charge < -0.3 is 10.4 Å². The molecular formula is C12H14FN3O. The summed E-state index contributed by atoms with van der Waals surface area (Å²) in [6.45, 7) is 1.14. The summed E-state index contributed by atoms with van der Waals surface area (Å²) in [5.74, 6) is -0.482. The van der Waals surface area contributed by atoms with Gasteiger partial charge in [0.15, 0.2) is 0 Å². The fourth-order valence-corrected chi connectivity index (χ4v) is 1.65. The zero-order chi connectivity index (χ0) is 12.3. The Bertz CT molecular complexity index is 490. The molecule has 4 nitrogen and oxygen atoms in total. The fourth-order valence-electron chi connectivity index (χ4n) is 1.65. The molecule has 0 fully saturated rings. The molecule has 0 unspecified atom stereocenters. The van der Waals surface area contributed by atoms with Crippen LogP contribution in [0.3, 0.4) is 0 Å². The topological polar surface area (TPSA) is 50.1 Å². The highest BCUT2D eigenvalue weighted by atomic mass is 19.1. The lowest BCUT2D eigenvalue weighted by atomic mass is 10.2. The van der Waals surface area contributed by atoms with Crippen LogP contribution in [0.2, 0.25) is 0 Å². The first kappa shape index (κ1) is 11.6. The van der Waals surface area contributed by atoms with E-state index in [1.807, 2.05) is 13.1 Å². The van der Waals surface area contributed by atoms with Crippen LogP contribution in [0.5, 0.6) is 5.75 Å². The highest BCUT2D eigenvalue weighted by molar-refractivity contribution is 5.28. The van der Waals surface area contributed by atoms with E-state index in [2.05, 4.69) is 10.4 Å². The third-order valence-electron chi connectivity index (χ3n) is 2.50. The van der Waals surface area contributed by atoms with Crippen molar-refractivity contribution >= 4 is 0 Å². The minimum Gasteiger partial charge on any atom is -0.508 e. The van der Waals surface area contributed by atoms with Crippen molar-refractivity contribution in [2.75, 3.05) is 0 Å². The normalized spacial score (nSPS) is 10.7. The maximum absolute atomic E-state index is 13.0. The molecule has 0 radical (unpaired) electrons. The summed E-state index contributed by atoms with van der Waals surface area (Å²) < 4.78 is 14.8. The molecule has 0 spiro atoms. The van der Waals surface area contributed by atoms with Crippen molar-refractivity contribution in [1.29, 1.82) is 0 Å².